The van der Waals surface area contributed by atoms with Crippen LogP contribution in [0.25, 0.3) is 10.8 Å². The second kappa shape index (κ2) is 8.93. The van der Waals surface area contributed by atoms with Gasteiger partial charge in [0.1, 0.15) is 10.1 Å². The Balaban J connectivity index is 1.36. The predicted molar refractivity (Wildman–Crippen MR) is 124 cm³/mol. The van der Waals surface area contributed by atoms with Crippen LogP contribution in [0.15, 0.2) is 65.7 Å². The van der Waals surface area contributed by atoms with Crippen LogP contribution in [-0.4, -0.2) is 35.1 Å². The van der Waals surface area contributed by atoms with Gasteiger partial charge in [-0.15, -0.1) is 0 Å². The Bertz CT molecular complexity index is 1080. The number of benzene rings is 3. The van der Waals surface area contributed by atoms with E-state index in [1.54, 1.807) is 23.8 Å². The van der Waals surface area contributed by atoms with Crippen LogP contribution in [0.4, 0.5) is 5.69 Å². The lowest BCUT2D eigenvalue weighted by molar-refractivity contribution is -0.127. The number of aliphatic imine (C=N–C) groups is 1. The fraction of sp³-hybridized carbons (Fsp3) is 0.217. The van der Waals surface area contributed by atoms with Crippen molar-refractivity contribution < 1.29 is 9.53 Å². The lowest BCUT2D eigenvalue weighted by Gasteiger charge is -2.19. The quantitative estimate of drug-likeness (QED) is 0.546. The van der Waals surface area contributed by atoms with Crippen LogP contribution in [0.3, 0.4) is 0 Å². The van der Waals surface area contributed by atoms with E-state index in [1.165, 1.54) is 17.3 Å². The number of carbonyl (C=O) groups excluding carboxylic acids is 1. The molecule has 4 rings (SSSR count). The molecule has 6 heteroatoms. The summed E-state index contributed by atoms with van der Waals surface area (Å²) < 4.78 is 6.24. The maximum Gasteiger partial charge on any atom is 0.233 e. The van der Waals surface area contributed by atoms with Crippen molar-refractivity contribution in [2.75, 3.05) is 19.9 Å². The SMILES string of the molecule is COc1ccc2cc(CN(C)C(=O)CSC3=Nc4ccccc4CS3)ccc2c1. The first-order chi connectivity index (χ1) is 14.1. The highest BCUT2D eigenvalue weighted by Gasteiger charge is 2.16. The highest BCUT2D eigenvalue weighted by atomic mass is 32.2. The number of methoxy groups -OCH3 is 1. The standard InChI is InChI=1S/C23H22N2O2S2/c1-25(13-16-7-8-18-12-20(27-2)10-9-17(18)11-16)22(26)15-29-23-24-21-6-4-3-5-19(21)14-28-23/h3-12H,13-15H2,1-2H3. The summed E-state index contributed by atoms with van der Waals surface area (Å²) in [6, 6.07) is 20.5. The molecule has 3 aromatic carbocycles. The van der Waals surface area contributed by atoms with Crippen molar-refractivity contribution in [2.24, 2.45) is 4.99 Å². The number of nitrogens with zero attached hydrogens (tertiary/aromatic N) is 2. The number of hydrogen-bond acceptors (Lipinski definition) is 5. The third-order valence-electron chi connectivity index (χ3n) is 4.83. The van der Waals surface area contributed by atoms with Crippen molar-refractivity contribution in [3.8, 4) is 5.75 Å². The maximum atomic E-state index is 12.6. The Morgan fingerprint density at radius 3 is 2.79 bits per heavy atom. The van der Waals surface area contributed by atoms with Gasteiger partial charge in [-0.1, -0.05) is 59.9 Å². The van der Waals surface area contributed by atoms with E-state index in [9.17, 15) is 4.79 Å². The third-order valence-corrected chi connectivity index (χ3v) is 7.06. The Kier molecular flexibility index (Phi) is 6.11. The molecule has 0 radical (unpaired) electrons. The Labute approximate surface area is 179 Å². The van der Waals surface area contributed by atoms with Crippen molar-refractivity contribution >= 4 is 50.3 Å². The first-order valence-electron chi connectivity index (χ1n) is 9.35. The molecule has 0 bridgehead atoms. The monoisotopic (exact) mass is 422 g/mol. The molecule has 1 amide bonds. The smallest absolute Gasteiger partial charge is 0.233 e. The van der Waals surface area contributed by atoms with Gasteiger partial charge >= 0.3 is 0 Å². The van der Waals surface area contributed by atoms with E-state index in [1.807, 2.05) is 43.4 Å². The summed E-state index contributed by atoms with van der Waals surface area (Å²) in [6.07, 6.45) is 0. The molecule has 0 atom stereocenters. The highest BCUT2D eigenvalue weighted by molar-refractivity contribution is 8.38. The number of carbonyl (C=O) groups is 1. The molecule has 3 aromatic rings. The number of para-hydroxylation sites is 1. The first kappa shape index (κ1) is 19.9. The molecule has 0 aliphatic carbocycles. The Morgan fingerprint density at radius 2 is 1.93 bits per heavy atom. The summed E-state index contributed by atoms with van der Waals surface area (Å²) >= 11 is 3.22. The number of hydrogen-bond donors (Lipinski definition) is 0. The topological polar surface area (TPSA) is 41.9 Å². The minimum Gasteiger partial charge on any atom is -0.497 e. The van der Waals surface area contributed by atoms with Gasteiger partial charge in [-0.3, -0.25) is 4.79 Å². The molecule has 148 valence electrons. The number of fused-ring (bicyclic) bond motifs is 2. The highest BCUT2D eigenvalue weighted by Crippen LogP contribution is 2.34. The van der Waals surface area contributed by atoms with Gasteiger partial charge in [-0.25, -0.2) is 4.99 Å². The van der Waals surface area contributed by atoms with E-state index >= 15 is 0 Å². The van der Waals surface area contributed by atoms with Gasteiger partial charge in [0, 0.05) is 19.3 Å². The van der Waals surface area contributed by atoms with Gasteiger partial charge < -0.3 is 9.64 Å². The summed E-state index contributed by atoms with van der Waals surface area (Å²) in [5, 5.41) is 2.27. The van der Waals surface area contributed by atoms with E-state index in [-0.39, 0.29) is 5.91 Å². The van der Waals surface area contributed by atoms with Crippen LogP contribution < -0.4 is 4.74 Å². The van der Waals surface area contributed by atoms with Crippen LogP contribution in [0.1, 0.15) is 11.1 Å². The first-order valence-corrected chi connectivity index (χ1v) is 11.3. The molecule has 0 saturated carbocycles. The predicted octanol–water partition coefficient (Wildman–Crippen LogP) is 5.47. The molecule has 4 nitrogen and oxygen atoms in total. The van der Waals surface area contributed by atoms with Gasteiger partial charge in [-0.05, 0) is 46.2 Å². The van der Waals surface area contributed by atoms with Gasteiger partial charge in [-0.2, -0.15) is 0 Å². The summed E-state index contributed by atoms with van der Waals surface area (Å²) in [7, 11) is 3.52. The molecule has 0 fully saturated rings. The minimum atomic E-state index is 0.104. The second-order valence-electron chi connectivity index (χ2n) is 6.88. The molecule has 0 unspecified atom stereocenters. The average Bonchev–Trinajstić information content (AvgIpc) is 2.76. The van der Waals surface area contributed by atoms with Crippen molar-refractivity contribution in [1.29, 1.82) is 0 Å². The van der Waals surface area contributed by atoms with Gasteiger partial charge in [0.05, 0.1) is 18.6 Å². The Morgan fingerprint density at radius 1 is 1.14 bits per heavy atom. The minimum absolute atomic E-state index is 0.104. The molecule has 0 N–H and O–H groups in total. The zero-order chi connectivity index (χ0) is 20.2. The lowest BCUT2D eigenvalue weighted by Crippen LogP contribution is -2.28. The van der Waals surface area contributed by atoms with Gasteiger partial charge in [0.25, 0.3) is 0 Å². The summed E-state index contributed by atoms with van der Waals surface area (Å²) in [4.78, 5) is 19.1. The number of thioether (sulfide) groups is 2. The van der Waals surface area contributed by atoms with Crippen LogP contribution in [0.5, 0.6) is 5.75 Å². The largest absolute Gasteiger partial charge is 0.497 e. The molecule has 0 saturated heterocycles. The average molecular weight is 423 g/mol. The van der Waals surface area contributed by atoms with E-state index < -0.39 is 0 Å². The van der Waals surface area contributed by atoms with Gasteiger partial charge in [0.2, 0.25) is 5.91 Å². The normalized spacial score (nSPS) is 13.0. The van der Waals surface area contributed by atoms with Crippen LogP contribution in [0, 0.1) is 0 Å². The lowest BCUT2D eigenvalue weighted by atomic mass is 10.1. The zero-order valence-electron chi connectivity index (χ0n) is 16.4. The number of amides is 1. The maximum absolute atomic E-state index is 12.6. The molecule has 1 heterocycles. The second-order valence-corrected chi connectivity index (χ2v) is 9.07. The van der Waals surface area contributed by atoms with Crippen molar-refractivity contribution in [3.05, 3.63) is 71.8 Å². The zero-order valence-corrected chi connectivity index (χ0v) is 18.1. The van der Waals surface area contributed by atoms with Crippen LogP contribution in [0.2, 0.25) is 0 Å². The molecule has 29 heavy (non-hydrogen) atoms. The van der Waals surface area contributed by atoms with E-state index in [2.05, 4.69) is 29.3 Å². The number of rotatable bonds is 5. The summed E-state index contributed by atoms with van der Waals surface area (Å²) in [6.45, 7) is 0.587. The van der Waals surface area contributed by atoms with Crippen molar-refractivity contribution in [2.45, 2.75) is 12.3 Å². The molecular weight excluding hydrogens is 400 g/mol. The van der Waals surface area contributed by atoms with Gasteiger partial charge in [0.15, 0.2) is 0 Å². The van der Waals surface area contributed by atoms with Crippen LogP contribution >= 0.6 is 23.5 Å². The molecular formula is C23H22N2O2S2. The van der Waals surface area contributed by atoms with E-state index in [4.69, 9.17) is 4.74 Å². The van der Waals surface area contributed by atoms with Crippen molar-refractivity contribution in [3.63, 3.8) is 0 Å². The molecule has 0 spiro atoms. The van der Waals surface area contributed by atoms with E-state index in [0.29, 0.717) is 12.3 Å². The molecule has 1 aliphatic heterocycles. The van der Waals surface area contributed by atoms with Crippen LogP contribution in [-0.2, 0) is 17.1 Å². The molecule has 0 aromatic heterocycles. The summed E-state index contributed by atoms with van der Waals surface area (Å²) in [5.74, 6) is 2.26. The number of ether oxygens (including phenoxy) is 1. The van der Waals surface area contributed by atoms with E-state index in [0.717, 1.165) is 37.9 Å². The fourth-order valence-electron chi connectivity index (χ4n) is 3.18. The molecule has 1 aliphatic rings. The van der Waals surface area contributed by atoms with Crippen molar-refractivity contribution in [1.82, 2.24) is 4.90 Å². The Hall–Kier alpha value is -2.44. The summed E-state index contributed by atoms with van der Waals surface area (Å²) in [5.41, 5.74) is 3.38. The fourth-order valence-corrected chi connectivity index (χ4v) is 5.18. The third kappa shape index (κ3) is 4.77.